The molecule has 0 atom stereocenters. The van der Waals surface area contributed by atoms with Crippen LogP contribution >= 0.6 is 85.5 Å². The van der Waals surface area contributed by atoms with Gasteiger partial charge in [0.2, 0.25) is 29.0 Å². The van der Waals surface area contributed by atoms with Crippen LogP contribution in [-0.2, 0) is 87.4 Å². The van der Waals surface area contributed by atoms with Gasteiger partial charge in [0.25, 0.3) is 67.8 Å². The number of pyridine rings is 3. The number of anilines is 1. The molecule has 58 heteroatoms. The summed E-state index contributed by atoms with van der Waals surface area (Å²) < 4.78 is 54.3. The van der Waals surface area contributed by atoms with Crippen LogP contribution in [-0.4, -0.2) is 205 Å². The first-order valence-corrected chi connectivity index (χ1v) is 40.6. The lowest BCUT2D eigenvalue weighted by atomic mass is 10.1. The molecule has 132 heavy (non-hydrogen) atoms. The van der Waals surface area contributed by atoms with Crippen LogP contribution < -0.4 is 36.9 Å². The highest BCUT2D eigenvalue weighted by molar-refractivity contribution is 9.09. The van der Waals surface area contributed by atoms with Crippen molar-refractivity contribution in [2.24, 2.45) is 21.1 Å². The second-order valence-electron chi connectivity index (χ2n) is 25.3. The molecule has 1 saturated heterocycles. The van der Waals surface area contributed by atoms with Crippen LogP contribution in [0.3, 0.4) is 0 Å². The normalized spacial score (nSPS) is 11.9. The highest BCUT2D eigenvalue weighted by atomic mass is 79.9. The van der Waals surface area contributed by atoms with Crippen molar-refractivity contribution in [3.8, 4) is 17.2 Å². The Morgan fingerprint density at radius 3 is 1.39 bits per heavy atom. The zero-order chi connectivity index (χ0) is 101. The number of aromatic hydroxyl groups is 2. The van der Waals surface area contributed by atoms with E-state index < -0.39 is 121 Å². The lowest BCUT2D eigenvalue weighted by molar-refractivity contribution is -0.742. The molecule has 2 aliphatic heterocycles. The van der Waals surface area contributed by atoms with Gasteiger partial charge in [-0.3, -0.25) is 112 Å². The van der Waals surface area contributed by atoms with Crippen molar-refractivity contribution < 1.29 is 134 Å². The molecular weight excluding hydrogens is 1990 g/mol. The van der Waals surface area contributed by atoms with E-state index in [2.05, 4.69) is 36.1 Å². The van der Waals surface area contributed by atoms with Crippen molar-refractivity contribution in [1.29, 1.82) is 0 Å². The third-order valence-electron chi connectivity index (χ3n) is 16.9. The van der Waals surface area contributed by atoms with E-state index in [-0.39, 0.29) is 119 Å². The molecule has 0 bridgehead atoms. The number of nitro groups is 5. The Hall–Kier alpha value is -14.3. The number of Topliss-reactive ketones (excluding diaryl/α,β-unsaturated/α-hetero) is 5. The fraction of sp³-hybridized carbons (Fsp3) is 0.243. The molecule has 5 heterocycles. The van der Waals surface area contributed by atoms with Gasteiger partial charge in [-0.15, -0.1) is 10.1 Å². The molecule has 3 amide bonds. The number of esters is 2. The van der Waals surface area contributed by atoms with Crippen LogP contribution in [0.4, 0.5) is 34.1 Å². The Labute approximate surface area is 775 Å². The molecule has 0 radical (unpaired) electrons. The van der Waals surface area contributed by atoms with E-state index in [0.29, 0.717) is 61.8 Å². The number of carbonyl (C=O) groups is 10. The number of aromatic nitrogens is 3. The van der Waals surface area contributed by atoms with Crippen molar-refractivity contribution in [2.45, 2.75) is 39.5 Å². The van der Waals surface area contributed by atoms with E-state index in [1.165, 1.54) is 112 Å². The Kier molecular flexibility index (Phi) is 43.4. The van der Waals surface area contributed by atoms with Crippen LogP contribution in [0.2, 0.25) is 30.1 Å². The number of hydrogen-bond acceptors (Lipinski definition) is 33. The maximum atomic E-state index is 12.1. The van der Waals surface area contributed by atoms with Crippen LogP contribution in [0.5, 0.6) is 17.2 Å². The monoisotopic (exact) mass is 2050 g/mol. The van der Waals surface area contributed by atoms with Gasteiger partial charge >= 0.3 is 28.6 Å². The molecule has 6 aromatic carbocycles. The Morgan fingerprint density at radius 1 is 0.553 bits per heavy atom. The number of nitrogens with zero attached hydrogens (tertiary/aromatic N) is 12. The molecule has 0 unspecified atom stereocenters. The molecule has 50 nitrogen and oxygen atoms in total. The summed E-state index contributed by atoms with van der Waals surface area (Å²) in [6.45, 7) is 5.21. The van der Waals surface area contributed by atoms with Crippen LogP contribution in [0.15, 0.2) is 105 Å². The van der Waals surface area contributed by atoms with Gasteiger partial charge in [0.1, 0.15) is 30.7 Å². The van der Waals surface area contributed by atoms with Gasteiger partial charge in [-0.2, -0.15) is 13.2 Å². The number of ketones is 5. The molecule has 0 saturated carbocycles. The highest BCUT2D eigenvalue weighted by Crippen LogP contribution is 2.39. The average molecular weight is 2050 g/mol. The SMILES string of the molecule is C1CCOC1.CCOC(=O)C=[N+]=[N-].CCOC(=O)c1c(O)c(=O)n(C)c2cc(Cl)c([N+](=O)[O-])cc12.CN1C(=O)C(=O)c2cc([N+](=O)[O-])c(Cl)cc21.CNC(=O)CBr.CNC(=O)COc1cc2cc([N+](=O)[O-])c(Cl)cc2n(C)c1=O.Cn1c(=O)c(O)cc2cc([N+](=O)[O-])c(Cl)cc21.O=C1Cc2cc(Cl)c([N+](=O)[O-])cc2C1=O.O=C1Cc2cc(Cl)ccc2C1=O.O=S(=O)(O)O.O=[N+]([O-])O. The van der Waals surface area contributed by atoms with E-state index in [0.717, 1.165) is 46.4 Å². The second kappa shape index (κ2) is 51.2. The molecule has 3 aromatic heterocycles. The minimum absolute atomic E-state index is 0.00847. The van der Waals surface area contributed by atoms with Gasteiger partial charge < -0.3 is 69.1 Å². The maximum Gasteiger partial charge on any atom is 0.413 e. The van der Waals surface area contributed by atoms with E-state index >= 15 is 0 Å². The Balaban J connectivity index is 0.000000388. The molecule has 9 aromatic rings. The molecule has 0 spiro atoms. The van der Waals surface area contributed by atoms with E-state index in [1.54, 1.807) is 39.1 Å². The average Bonchev–Trinajstić information content (AvgIpc) is 1.04. The molecule has 7 N–H and O–H groups in total. The molecule has 2 aliphatic carbocycles. The quantitative estimate of drug-likeness (QED) is 0.00650. The number of likely N-dealkylation sites (N-methyl/N-ethyl adjacent to an activating group) is 2. The Morgan fingerprint density at radius 2 is 0.962 bits per heavy atom. The first-order chi connectivity index (χ1) is 61.5. The van der Waals surface area contributed by atoms with E-state index in [4.69, 9.17) is 122 Å². The number of hydrogen-bond donors (Lipinski definition) is 7. The van der Waals surface area contributed by atoms with Gasteiger partial charge in [-0.05, 0) is 98.5 Å². The number of rotatable bonds is 13. The number of ether oxygens (including phenoxy) is 4. The number of amides is 3. The lowest BCUT2D eigenvalue weighted by Crippen LogP contribution is -2.27. The Bertz CT molecular complexity index is 6500. The van der Waals surface area contributed by atoms with Crippen molar-refractivity contribution in [3.05, 3.63) is 252 Å². The van der Waals surface area contributed by atoms with Gasteiger partial charge in [0.05, 0.1) is 71.0 Å². The van der Waals surface area contributed by atoms with Gasteiger partial charge in [-0.25, -0.2) is 9.59 Å². The van der Waals surface area contributed by atoms with Crippen molar-refractivity contribution in [2.75, 3.05) is 64.4 Å². The van der Waals surface area contributed by atoms with Crippen LogP contribution in [0, 0.1) is 60.7 Å². The summed E-state index contributed by atoms with van der Waals surface area (Å²) in [6.07, 6.45) is 3.43. The summed E-state index contributed by atoms with van der Waals surface area (Å²) in [7, 11) is 4.07. The molecule has 4 aliphatic rings. The van der Waals surface area contributed by atoms with Crippen LogP contribution in [0.25, 0.3) is 38.2 Å². The summed E-state index contributed by atoms with van der Waals surface area (Å²) >= 11 is 37.4. The number of aryl methyl sites for hydroxylation is 3. The summed E-state index contributed by atoms with van der Waals surface area (Å²) in [5.41, 5.74) is 6.85. The number of nitro benzene ring substituents is 5. The van der Waals surface area contributed by atoms with Crippen molar-refractivity contribution in [1.82, 2.24) is 24.3 Å². The second-order valence-corrected chi connectivity index (χ2v) is 29.2. The number of carbonyl (C=O) groups excluding carboxylic acids is 10. The molecule has 704 valence electrons. The van der Waals surface area contributed by atoms with Crippen molar-refractivity contribution >= 4 is 228 Å². The largest absolute Gasteiger partial charge is 0.503 e. The first kappa shape index (κ1) is 112. The number of benzene rings is 6. The topological polar surface area (TPSA) is 731 Å². The third-order valence-corrected chi connectivity index (χ3v) is 19.1. The number of halogens is 7. The molecule has 1 fully saturated rings. The smallest absolute Gasteiger partial charge is 0.413 e. The van der Waals surface area contributed by atoms with E-state index in [9.17, 15) is 123 Å². The fourth-order valence-corrected chi connectivity index (χ4v) is 12.4. The lowest BCUT2D eigenvalue weighted by Gasteiger charge is -2.12. The van der Waals surface area contributed by atoms with E-state index in [1.807, 2.05) is 0 Å². The zero-order valence-electron chi connectivity index (χ0n) is 68.6. The summed E-state index contributed by atoms with van der Waals surface area (Å²) in [4.78, 5) is 208. The summed E-state index contributed by atoms with van der Waals surface area (Å²) in [5, 5.41) is 92.8. The van der Waals surface area contributed by atoms with Gasteiger partial charge in [0, 0.05) is 131 Å². The van der Waals surface area contributed by atoms with Gasteiger partial charge in [-0.1, -0.05) is 85.5 Å². The number of nitrogens with one attached hydrogen (secondary N) is 2. The highest BCUT2D eigenvalue weighted by Gasteiger charge is 2.37. The molecule has 13 rings (SSSR count). The predicted molar refractivity (Wildman–Crippen MR) is 470 cm³/mol. The number of fused-ring (bicyclic) bond motifs is 6. The summed E-state index contributed by atoms with van der Waals surface area (Å²) in [5.74, 6) is -6.76. The zero-order valence-corrected chi connectivity index (χ0v) is 75.6. The van der Waals surface area contributed by atoms with Gasteiger partial charge in [0.15, 0.2) is 23.9 Å². The minimum atomic E-state index is -4.67. The maximum absolute atomic E-state index is 12.1. The number of alkyl halides is 1. The standard InChI is InChI=1S/C13H12ClN3O5.C13H11ClN2O6.C10H7ClN2O4.C9H5ClN2O4.C9H4ClNO4.C9H5ClO2.C4H6N2O2.C4H8O.C3H6BrNO.HNO3.H2O4S/c1-15-12(18)6-22-11-4-7-3-10(17(20)21)8(14)5-9(7)16(2)13(11)19;1-3-22-13(19)10-6-4-9(16(20)21)7(14)5-8(6)15(2)12(18)11(10)17;1-12-7-4-6(11)8(13(16)17)2-5(7)3-9(14)10(12)15;1-11-6-3-5(10)7(12(15)16)2-4(6)8(13)9(11)14;10-6-1-4-2-8(12)9(13)5(4)3-7(6)11(14)15;10-6-1-2-7-5(3-6)4-8(11)9(7)12;1-2-8-4(7)3-6-5;1-2-4-5-3-1;1-5-3(6)2-4;2-1(3)4;1-5(2,3)4/h3-5H,6H2,1-2H3,(H,15,18);4-5,17H,3H2,1-2H3;2-4,14H,1H3;2-3H,1H3;1,3H,2H2;1-3H,4H2;3H,2H2,1H3;1-4H2;2H2,1H3,(H,5,6);(H,2,3,4);(H2,1,2,3,4). The predicted octanol–water partition coefficient (Wildman–Crippen LogP) is 9.40. The van der Waals surface area contributed by atoms with Crippen LogP contribution in [0.1, 0.15) is 79.2 Å². The molecular formula is C74H67BrCl6N14O36S. The third kappa shape index (κ3) is 31.5. The minimum Gasteiger partial charge on any atom is -0.503 e. The first-order valence-electron chi connectivity index (χ1n) is 35.8. The van der Waals surface area contributed by atoms with Crippen molar-refractivity contribution in [3.63, 3.8) is 0 Å². The fourth-order valence-electron chi connectivity index (χ4n) is 10.8. The summed E-state index contributed by atoms with van der Waals surface area (Å²) in [6, 6.07) is 19.4.